The minimum Gasteiger partial charge on any atom is -0.349 e. The first-order chi connectivity index (χ1) is 13.2. The maximum atomic E-state index is 12.6. The first kappa shape index (κ1) is 17.6. The van der Waals surface area contributed by atoms with Crippen LogP contribution in [0.1, 0.15) is 35.8 Å². The molecule has 3 aromatic rings. The van der Waals surface area contributed by atoms with Crippen LogP contribution >= 0.6 is 0 Å². The van der Waals surface area contributed by atoms with Gasteiger partial charge in [0.05, 0.1) is 11.2 Å². The number of benzene rings is 1. The highest BCUT2D eigenvalue weighted by Gasteiger charge is 2.21. The highest BCUT2D eigenvalue weighted by Crippen LogP contribution is 2.16. The molecule has 1 aliphatic rings. The second kappa shape index (κ2) is 7.84. The molecule has 1 aliphatic heterocycles. The van der Waals surface area contributed by atoms with Gasteiger partial charge in [-0.25, -0.2) is 4.68 Å². The minimum atomic E-state index is -0.0360. The molecule has 0 spiro atoms. The second-order valence-electron chi connectivity index (χ2n) is 6.95. The highest BCUT2D eigenvalue weighted by molar-refractivity contribution is 5.97. The van der Waals surface area contributed by atoms with E-state index < -0.39 is 0 Å². The molecule has 140 valence electrons. The average molecular weight is 364 g/mol. The Morgan fingerprint density at radius 2 is 2.07 bits per heavy atom. The molecule has 0 bridgehead atoms. The second-order valence-corrected chi connectivity index (χ2v) is 6.95. The summed E-state index contributed by atoms with van der Waals surface area (Å²) in [5.41, 5.74) is 3.45. The van der Waals surface area contributed by atoms with Gasteiger partial charge in [-0.15, -0.1) is 5.10 Å². The number of hydrogen-bond donors (Lipinski definition) is 1. The fraction of sp³-hybridized carbons (Fsp3) is 0.400. The number of hydrogen-bond acceptors (Lipinski definition) is 5. The van der Waals surface area contributed by atoms with Gasteiger partial charge >= 0.3 is 0 Å². The molecule has 7 nitrogen and oxygen atoms in total. The number of nitrogens with zero attached hydrogens (tertiary/aromatic N) is 5. The zero-order valence-electron chi connectivity index (χ0n) is 15.5. The molecule has 0 unspecified atom stereocenters. The van der Waals surface area contributed by atoms with Crippen LogP contribution in [-0.2, 0) is 13.1 Å². The number of carbonyl (C=O) groups is 1. The van der Waals surface area contributed by atoms with Crippen molar-refractivity contribution >= 4 is 16.9 Å². The van der Waals surface area contributed by atoms with E-state index in [9.17, 15) is 4.79 Å². The van der Waals surface area contributed by atoms with E-state index in [2.05, 4.69) is 31.6 Å². The number of piperidine rings is 1. The number of fused-ring (bicyclic) bond motifs is 1. The maximum absolute atomic E-state index is 12.6. The third-order valence-corrected chi connectivity index (χ3v) is 5.11. The van der Waals surface area contributed by atoms with Crippen LogP contribution in [-0.4, -0.2) is 49.9 Å². The molecule has 0 radical (unpaired) electrons. The Morgan fingerprint density at radius 3 is 2.81 bits per heavy atom. The summed E-state index contributed by atoms with van der Waals surface area (Å²) in [6, 6.07) is 11.8. The van der Waals surface area contributed by atoms with Gasteiger partial charge < -0.3 is 5.32 Å². The number of pyridine rings is 1. The summed E-state index contributed by atoms with van der Waals surface area (Å²) in [6.45, 7) is 5.58. The number of rotatable bonds is 5. The standard InChI is InChI=1S/C20H24N6O/c1-2-26-19-7-6-15(13-18(19)23-24-26)20(27)22-16-8-11-25(12-9-16)14-17-5-3-4-10-21-17/h3-7,10,13,16H,2,8-9,11-12,14H2,1H3,(H,22,27). The average Bonchev–Trinajstić information content (AvgIpc) is 3.12. The Hall–Kier alpha value is -2.80. The van der Waals surface area contributed by atoms with Crippen molar-refractivity contribution in [1.29, 1.82) is 0 Å². The lowest BCUT2D eigenvalue weighted by molar-refractivity contribution is 0.0908. The molecule has 1 saturated heterocycles. The predicted octanol–water partition coefficient (Wildman–Crippen LogP) is 2.24. The van der Waals surface area contributed by atoms with Crippen molar-refractivity contribution in [1.82, 2.24) is 30.2 Å². The summed E-state index contributed by atoms with van der Waals surface area (Å²) < 4.78 is 1.83. The Kier molecular flexibility index (Phi) is 5.11. The van der Waals surface area contributed by atoms with Crippen LogP contribution in [0.2, 0.25) is 0 Å². The summed E-state index contributed by atoms with van der Waals surface area (Å²) in [5, 5.41) is 11.4. The number of likely N-dealkylation sites (tertiary alicyclic amines) is 1. The fourth-order valence-electron chi connectivity index (χ4n) is 3.57. The quantitative estimate of drug-likeness (QED) is 0.751. The van der Waals surface area contributed by atoms with E-state index in [0.717, 1.165) is 55.7 Å². The van der Waals surface area contributed by atoms with Gasteiger partial charge in [0.2, 0.25) is 0 Å². The molecular weight excluding hydrogens is 340 g/mol. The first-order valence-electron chi connectivity index (χ1n) is 9.49. The molecule has 7 heteroatoms. The van der Waals surface area contributed by atoms with Gasteiger partial charge in [-0.2, -0.15) is 0 Å². The number of carbonyl (C=O) groups excluding carboxylic acids is 1. The lowest BCUT2D eigenvalue weighted by Gasteiger charge is -2.32. The fourth-order valence-corrected chi connectivity index (χ4v) is 3.57. The zero-order chi connectivity index (χ0) is 18.6. The molecule has 1 amide bonds. The third kappa shape index (κ3) is 3.98. The molecule has 0 saturated carbocycles. The number of aromatic nitrogens is 4. The van der Waals surface area contributed by atoms with Crippen molar-refractivity contribution in [3.63, 3.8) is 0 Å². The minimum absolute atomic E-state index is 0.0360. The van der Waals surface area contributed by atoms with Crippen molar-refractivity contribution in [3.8, 4) is 0 Å². The molecule has 1 fully saturated rings. The van der Waals surface area contributed by atoms with Gasteiger partial charge in [0.1, 0.15) is 5.52 Å². The van der Waals surface area contributed by atoms with Crippen LogP contribution in [0, 0.1) is 0 Å². The highest BCUT2D eigenvalue weighted by atomic mass is 16.1. The number of aryl methyl sites for hydroxylation is 1. The molecule has 4 rings (SSSR count). The molecular formula is C20H24N6O. The Labute approximate surface area is 158 Å². The Morgan fingerprint density at radius 1 is 1.22 bits per heavy atom. The Bertz CT molecular complexity index is 915. The van der Waals surface area contributed by atoms with Crippen LogP contribution in [0.5, 0.6) is 0 Å². The summed E-state index contributed by atoms with van der Waals surface area (Å²) in [6.07, 6.45) is 3.73. The van der Waals surface area contributed by atoms with E-state index in [4.69, 9.17) is 0 Å². The lowest BCUT2D eigenvalue weighted by Crippen LogP contribution is -2.44. The van der Waals surface area contributed by atoms with Gasteiger partial charge in [-0.05, 0) is 50.1 Å². The Balaban J connectivity index is 1.33. The van der Waals surface area contributed by atoms with Crippen LogP contribution in [0.25, 0.3) is 11.0 Å². The molecule has 0 atom stereocenters. The molecule has 3 heterocycles. The largest absolute Gasteiger partial charge is 0.349 e. The van der Waals surface area contributed by atoms with Gasteiger partial charge in [0.15, 0.2) is 0 Å². The van der Waals surface area contributed by atoms with Gasteiger partial charge in [0.25, 0.3) is 5.91 Å². The van der Waals surface area contributed by atoms with Crippen LogP contribution in [0.3, 0.4) is 0 Å². The van der Waals surface area contributed by atoms with Crippen molar-refractivity contribution in [2.45, 2.75) is 38.9 Å². The van der Waals surface area contributed by atoms with Crippen LogP contribution in [0.4, 0.5) is 0 Å². The van der Waals surface area contributed by atoms with E-state index in [1.807, 2.05) is 48.1 Å². The van der Waals surface area contributed by atoms with E-state index in [1.165, 1.54) is 0 Å². The SMILES string of the molecule is CCn1nnc2cc(C(=O)NC3CCN(Cc4ccccn4)CC3)ccc21. The predicted molar refractivity (Wildman–Crippen MR) is 103 cm³/mol. The van der Waals surface area contributed by atoms with Crippen molar-refractivity contribution in [2.24, 2.45) is 0 Å². The monoisotopic (exact) mass is 364 g/mol. The van der Waals surface area contributed by atoms with Crippen LogP contribution < -0.4 is 5.32 Å². The molecule has 2 aromatic heterocycles. The van der Waals surface area contributed by atoms with Crippen LogP contribution in [0.15, 0.2) is 42.6 Å². The first-order valence-corrected chi connectivity index (χ1v) is 9.49. The summed E-state index contributed by atoms with van der Waals surface area (Å²) in [5.74, 6) is -0.0360. The van der Waals surface area contributed by atoms with Gasteiger partial charge in [-0.3, -0.25) is 14.7 Å². The third-order valence-electron chi connectivity index (χ3n) is 5.11. The van der Waals surface area contributed by atoms with E-state index in [1.54, 1.807) is 0 Å². The van der Waals surface area contributed by atoms with Gasteiger partial charge in [0, 0.05) is 44.0 Å². The molecule has 0 aliphatic carbocycles. The van der Waals surface area contributed by atoms with Crippen molar-refractivity contribution in [2.75, 3.05) is 13.1 Å². The zero-order valence-corrected chi connectivity index (χ0v) is 15.5. The number of nitrogens with one attached hydrogen (secondary N) is 1. The number of amides is 1. The molecule has 1 aromatic carbocycles. The van der Waals surface area contributed by atoms with Crippen molar-refractivity contribution < 1.29 is 4.79 Å². The van der Waals surface area contributed by atoms with E-state index in [0.29, 0.717) is 5.56 Å². The molecule has 1 N–H and O–H groups in total. The van der Waals surface area contributed by atoms with Gasteiger partial charge in [-0.1, -0.05) is 11.3 Å². The maximum Gasteiger partial charge on any atom is 0.251 e. The summed E-state index contributed by atoms with van der Waals surface area (Å²) >= 11 is 0. The summed E-state index contributed by atoms with van der Waals surface area (Å²) in [4.78, 5) is 19.4. The molecule has 27 heavy (non-hydrogen) atoms. The smallest absolute Gasteiger partial charge is 0.251 e. The van der Waals surface area contributed by atoms with Crippen molar-refractivity contribution in [3.05, 3.63) is 53.9 Å². The van der Waals surface area contributed by atoms with E-state index >= 15 is 0 Å². The van der Waals surface area contributed by atoms with E-state index in [-0.39, 0.29) is 11.9 Å². The lowest BCUT2D eigenvalue weighted by atomic mass is 10.0. The normalized spacial score (nSPS) is 15.9. The summed E-state index contributed by atoms with van der Waals surface area (Å²) in [7, 11) is 0. The topological polar surface area (TPSA) is 75.9 Å².